The van der Waals surface area contributed by atoms with Crippen LogP contribution in [0.3, 0.4) is 0 Å². The van der Waals surface area contributed by atoms with Crippen LogP contribution in [0.2, 0.25) is 0 Å². The lowest BCUT2D eigenvalue weighted by Gasteiger charge is -2.18. The van der Waals surface area contributed by atoms with Crippen molar-refractivity contribution in [2.24, 2.45) is 0 Å². The fourth-order valence-corrected chi connectivity index (χ4v) is 1.47. The molecule has 0 aliphatic rings. The Morgan fingerprint density at radius 1 is 1.27 bits per heavy atom. The van der Waals surface area contributed by atoms with E-state index < -0.39 is 8.18 Å². The predicted octanol–water partition coefficient (Wildman–Crippen LogP) is 2.82. The molecule has 3 atom stereocenters. The second kappa shape index (κ2) is 8.17. The molecule has 0 heterocycles. The van der Waals surface area contributed by atoms with E-state index in [0.717, 1.165) is 12.8 Å². The summed E-state index contributed by atoms with van der Waals surface area (Å²) < 4.78 is 23.8. The first kappa shape index (κ1) is 15.0. The summed E-state index contributed by atoms with van der Waals surface area (Å²) in [5, 5.41) is 0. The Morgan fingerprint density at radius 2 is 1.87 bits per heavy atom. The van der Waals surface area contributed by atoms with E-state index in [2.05, 4.69) is 6.92 Å². The van der Waals surface area contributed by atoms with Crippen molar-refractivity contribution >= 4 is 8.18 Å². The van der Waals surface area contributed by atoms with Gasteiger partial charge in [-0.15, -0.1) is 4.52 Å². The van der Waals surface area contributed by atoms with Gasteiger partial charge in [-0.05, 0) is 24.3 Å². The van der Waals surface area contributed by atoms with Crippen molar-refractivity contribution in [3.05, 3.63) is 0 Å². The number of hydrogen-bond donors (Lipinski definition) is 0. The summed E-state index contributed by atoms with van der Waals surface area (Å²) in [5.41, 5.74) is 0. The van der Waals surface area contributed by atoms with Gasteiger partial charge in [-0.1, -0.05) is 18.5 Å². The molecule has 1 unspecified atom stereocenters. The van der Waals surface area contributed by atoms with Gasteiger partial charge >= 0.3 is 8.18 Å². The van der Waals surface area contributed by atoms with Gasteiger partial charge in [0.05, 0.1) is 12.2 Å². The number of rotatable bonds is 8. The third-order valence-electron chi connectivity index (χ3n) is 2.15. The molecular weight excluding hydrogens is 213 g/mol. The number of hydrogen-bond acceptors (Lipinski definition) is 3. The molecule has 15 heavy (non-hydrogen) atoms. The van der Waals surface area contributed by atoms with Crippen LogP contribution in [-0.2, 0) is 13.8 Å². The minimum Gasteiger partial charge on any atom is -0.373 e. The Hall–Kier alpha value is -0.0200. The highest BCUT2D eigenvalue weighted by Crippen LogP contribution is 2.25. The van der Waals surface area contributed by atoms with Gasteiger partial charge in [-0.25, -0.2) is 0 Å². The highest BCUT2D eigenvalue weighted by molar-refractivity contribution is 7.36. The molecule has 0 aromatic heterocycles. The minimum absolute atomic E-state index is 0.0406. The summed E-state index contributed by atoms with van der Waals surface area (Å²) in [4.78, 5) is 0. The van der Waals surface area contributed by atoms with E-state index in [1.807, 2.05) is 13.8 Å². The second-order valence-corrected chi connectivity index (χ2v) is 5.30. The van der Waals surface area contributed by atoms with E-state index >= 15 is 0 Å². The molecule has 0 amide bonds. The Bertz CT molecular complexity index is 188. The van der Waals surface area contributed by atoms with Crippen molar-refractivity contribution in [3.8, 4) is 0 Å². The van der Waals surface area contributed by atoms with E-state index in [4.69, 9.17) is 9.26 Å². The zero-order valence-corrected chi connectivity index (χ0v) is 11.3. The van der Waals surface area contributed by atoms with Gasteiger partial charge in [0.2, 0.25) is 0 Å². The Labute approximate surface area is 93.9 Å². The van der Waals surface area contributed by atoms with E-state index in [1.54, 1.807) is 18.8 Å². The van der Waals surface area contributed by atoms with Crippen LogP contribution in [0.25, 0.3) is 0 Å². The zero-order chi connectivity index (χ0) is 11.8. The first-order valence-electron chi connectivity index (χ1n) is 5.44. The molecule has 0 radical (unpaired) electrons. The smallest absolute Gasteiger partial charge is 0.373 e. The van der Waals surface area contributed by atoms with E-state index in [0.29, 0.717) is 6.61 Å². The molecule has 0 spiro atoms. The normalized spacial score (nSPS) is 16.5. The van der Waals surface area contributed by atoms with Crippen LogP contribution in [0.1, 0.15) is 33.6 Å². The standard InChI is InChI=1S/C10H23NO3P/c1-6-9(3)14-10(7-2)8-13-15(12)11(4)5/h9-10H,6-8H2,1-5H3/q+1/t9-,10-/m0/s1. The van der Waals surface area contributed by atoms with Gasteiger partial charge in [0, 0.05) is 14.1 Å². The summed E-state index contributed by atoms with van der Waals surface area (Å²) in [5.74, 6) is 0. The molecule has 0 bridgehead atoms. The summed E-state index contributed by atoms with van der Waals surface area (Å²) in [6.45, 7) is 6.56. The Morgan fingerprint density at radius 3 is 2.27 bits per heavy atom. The minimum atomic E-state index is -1.70. The largest absolute Gasteiger partial charge is 0.615 e. The molecule has 5 heteroatoms. The molecule has 0 aliphatic heterocycles. The molecular formula is C10H23NO3P+. The second-order valence-electron chi connectivity index (χ2n) is 3.77. The summed E-state index contributed by atoms with van der Waals surface area (Å²) >= 11 is 0. The highest BCUT2D eigenvalue weighted by atomic mass is 31.1. The summed E-state index contributed by atoms with van der Waals surface area (Å²) in [6.07, 6.45) is 2.13. The quantitative estimate of drug-likeness (QED) is 0.607. The van der Waals surface area contributed by atoms with Crippen LogP contribution >= 0.6 is 8.18 Å². The maximum absolute atomic E-state index is 11.3. The lowest BCUT2D eigenvalue weighted by molar-refractivity contribution is -0.0278. The average molecular weight is 236 g/mol. The molecule has 4 nitrogen and oxygen atoms in total. The van der Waals surface area contributed by atoms with Gasteiger partial charge in [0.25, 0.3) is 0 Å². The van der Waals surface area contributed by atoms with Crippen molar-refractivity contribution in [1.29, 1.82) is 0 Å². The first-order chi connectivity index (χ1) is 7.01. The van der Waals surface area contributed by atoms with Crippen LogP contribution in [-0.4, -0.2) is 37.6 Å². The Balaban J connectivity index is 3.84. The molecule has 0 N–H and O–H groups in total. The SMILES string of the molecule is CC[C@@H](CO[P+](=O)N(C)C)O[C@@H](C)CC. The van der Waals surface area contributed by atoms with Crippen molar-refractivity contribution in [2.45, 2.75) is 45.8 Å². The summed E-state index contributed by atoms with van der Waals surface area (Å²) in [7, 11) is 1.76. The van der Waals surface area contributed by atoms with Crippen molar-refractivity contribution in [1.82, 2.24) is 4.67 Å². The van der Waals surface area contributed by atoms with Gasteiger partial charge in [0.15, 0.2) is 0 Å². The molecule has 0 aromatic rings. The average Bonchev–Trinajstić information content (AvgIpc) is 2.22. The Kier molecular flexibility index (Phi) is 8.16. The van der Waals surface area contributed by atoms with Crippen molar-refractivity contribution in [3.63, 3.8) is 0 Å². The highest BCUT2D eigenvalue weighted by Gasteiger charge is 2.24. The zero-order valence-electron chi connectivity index (χ0n) is 10.4. The lowest BCUT2D eigenvalue weighted by atomic mass is 10.2. The van der Waals surface area contributed by atoms with E-state index in [-0.39, 0.29) is 12.2 Å². The van der Waals surface area contributed by atoms with Crippen LogP contribution in [0, 0.1) is 0 Å². The van der Waals surface area contributed by atoms with Crippen molar-refractivity contribution in [2.75, 3.05) is 20.7 Å². The molecule has 0 aliphatic carbocycles. The van der Waals surface area contributed by atoms with Crippen LogP contribution in [0.5, 0.6) is 0 Å². The maximum atomic E-state index is 11.3. The maximum Gasteiger partial charge on any atom is 0.615 e. The predicted molar refractivity (Wildman–Crippen MR) is 62.2 cm³/mol. The number of ether oxygens (including phenoxy) is 1. The lowest BCUT2D eigenvalue weighted by Crippen LogP contribution is -2.23. The van der Waals surface area contributed by atoms with Crippen molar-refractivity contribution < 1.29 is 13.8 Å². The molecule has 0 fully saturated rings. The van der Waals surface area contributed by atoms with Gasteiger partial charge in [-0.3, -0.25) is 0 Å². The summed E-state index contributed by atoms with van der Waals surface area (Å²) in [6, 6.07) is 0. The first-order valence-corrected chi connectivity index (χ1v) is 6.57. The molecule has 0 saturated carbocycles. The third-order valence-corrected chi connectivity index (χ3v) is 3.18. The topological polar surface area (TPSA) is 38.8 Å². The fraction of sp³-hybridized carbons (Fsp3) is 1.00. The van der Waals surface area contributed by atoms with Gasteiger partial charge < -0.3 is 4.74 Å². The van der Waals surface area contributed by atoms with E-state index in [1.165, 1.54) is 0 Å². The monoisotopic (exact) mass is 236 g/mol. The fourth-order valence-electron chi connectivity index (χ4n) is 0.940. The van der Waals surface area contributed by atoms with Crippen LogP contribution < -0.4 is 0 Å². The van der Waals surface area contributed by atoms with Crippen LogP contribution in [0.4, 0.5) is 0 Å². The molecule has 0 rings (SSSR count). The van der Waals surface area contributed by atoms with Crippen LogP contribution in [0.15, 0.2) is 0 Å². The number of nitrogens with zero attached hydrogens (tertiary/aromatic N) is 1. The molecule has 0 aromatic carbocycles. The van der Waals surface area contributed by atoms with Gasteiger partial charge in [-0.2, -0.15) is 0 Å². The van der Waals surface area contributed by atoms with Gasteiger partial charge in [0.1, 0.15) is 6.61 Å². The molecule has 0 saturated heterocycles. The third kappa shape index (κ3) is 6.96. The van der Waals surface area contributed by atoms with E-state index in [9.17, 15) is 4.57 Å². The molecule has 90 valence electrons.